The molecule has 0 saturated heterocycles. The molecule has 0 aliphatic heterocycles. The predicted octanol–water partition coefficient (Wildman–Crippen LogP) is 2.69. The molecule has 0 aromatic heterocycles. The van der Waals surface area contributed by atoms with Gasteiger partial charge in [0.25, 0.3) is 0 Å². The molecule has 1 aromatic rings. The van der Waals surface area contributed by atoms with Gasteiger partial charge in [-0.2, -0.15) is 0 Å². The van der Waals surface area contributed by atoms with E-state index in [0.29, 0.717) is 5.69 Å². The van der Waals surface area contributed by atoms with Crippen LogP contribution in [0.4, 0.5) is 11.4 Å². The lowest BCUT2D eigenvalue weighted by Crippen LogP contribution is -1.93. The van der Waals surface area contributed by atoms with E-state index in [4.69, 9.17) is 12.3 Å². The predicted molar refractivity (Wildman–Crippen MR) is 51.2 cm³/mol. The summed E-state index contributed by atoms with van der Waals surface area (Å²) >= 11 is 0. The first-order chi connectivity index (χ1) is 5.69. The molecule has 0 amide bonds. The van der Waals surface area contributed by atoms with Crippen LogP contribution >= 0.6 is 0 Å². The van der Waals surface area contributed by atoms with Crippen LogP contribution in [0.25, 0.3) is 4.85 Å². The fraction of sp³-hybridized carbons (Fsp3) is 0.300. The van der Waals surface area contributed by atoms with Crippen LogP contribution in [0.15, 0.2) is 12.1 Å². The lowest BCUT2D eigenvalue weighted by molar-refractivity contribution is 1.14. The van der Waals surface area contributed by atoms with E-state index >= 15 is 0 Å². The maximum atomic E-state index is 6.91. The molecule has 1 rings (SSSR count). The first-order valence-electron chi connectivity index (χ1n) is 3.95. The van der Waals surface area contributed by atoms with Crippen molar-refractivity contribution in [3.63, 3.8) is 0 Å². The van der Waals surface area contributed by atoms with Gasteiger partial charge in [0.1, 0.15) is 0 Å². The molecule has 0 saturated carbocycles. The average molecular weight is 160 g/mol. The summed E-state index contributed by atoms with van der Waals surface area (Å²) in [5.74, 6) is 0. The SMILES string of the molecule is [C-]#[N+]c1cc(CC)c(N)cc1C. The van der Waals surface area contributed by atoms with Crippen LogP contribution in [-0.2, 0) is 6.42 Å². The normalized spacial score (nSPS) is 9.42. The lowest BCUT2D eigenvalue weighted by atomic mass is 10.1. The highest BCUT2D eigenvalue weighted by atomic mass is 14.7. The van der Waals surface area contributed by atoms with E-state index in [0.717, 1.165) is 23.2 Å². The largest absolute Gasteiger partial charge is 0.399 e. The van der Waals surface area contributed by atoms with Gasteiger partial charge < -0.3 is 5.73 Å². The summed E-state index contributed by atoms with van der Waals surface area (Å²) in [6.45, 7) is 10.9. The Morgan fingerprint density at radius 3 is 2.67 bits per heavy atom. The minimum atomic E-state index is 0.709. The van der Waals surface area contributed by atoms with Crippen LogP contribution < -0.4 is 5.73 Å². The van der Waals surface area contributed by atoms with E-state index in [2.05, 4.69) is 4.85 Å². The number of hydrogen-bond donors (Lipinski definition) is 1. The van der Waals surface area contributed by atoms with E-state index < -0.39 is 0 Å². The number of nitrogen functional groups attached to an aromatic ring is 1. The van der Waals surface area contributed by atoms with Gasteiger partial charge in [-0.25, -0.2) is 4.85 Å². The van der Waals surface area contributed by atoms with Crippen LogP contribution in [0.2, 0.25) is 0 Å². The topological polar surface area (TPSA) is 30.4 Å². The van der Waals surface area contributed by atoms with Gasteiger partial charge in [-0.05, 0) is 30.5 Å². The fourth-order valence-electron chi connectivity index (χ4n) is 1.19. The summed E-state index contributed by atoms with van der Waals surface area (Å²) in [6, 6.07) is 3.74. The Balaban J connectivity index is 3.30. The number of anilines is 1. The second-order valence-electron chi connectivity index (χ2n) is 2.80. The molecule has 0 radical (unpaired) electrons. The Bertz CT molecular complexity index is 334. The third kappa shape index (κ3) is 1.40. The van der Waals surface area contributed by atoms with Gasteiger partial charge in [-0.1, -0.05) is 13.0 Å². The van der Waals surface area contributed by atoms with Crippen molar-refractivity contribution in [2.75, 3.05) is 5.73 Å². The maximum Gasteiger partial charge on any atom is 0.190 e. The Kier molecular flexibility index (Phi) is 2.35. The van der Waals surface area contributed by atoms with Crippen molar-refractivity contribution in [3.8, 4) is 0 Å². The van der Waals surface area contributed by atoms with Gasteiger partial charge in [0.15, 0.2) is 5.69 Å². The Hall–Kier alpha value is -1.49. The second kappa shape index (κ2) is 3.27. The standard InChI is InChI=1S/C10H12N2/c1-4-8-6-10(12-3)7(2)5-9(8)11/h5-6H,4,11H2,1-2H3. The van der Waals surface area contributed by atoms with Crippen LogP contribution in [0.1, 0.15) is 18.1 Å². The van der Waals surface area contributed by atoms with E-state index in [1.807, 2.05) is 26.0 Å². The van der Waals surface area contributed by atoms with Gasteiger partial charge in [0, 0.05) is 5.69 Å². The summed E-state index contributed by atoms with van der Waals surface area (Å²) in [5.41, 5.74) is 9.28. The highest BCUT2D eigenvalue weighted by molar-refractivity contribution is 5.62. The van der Waals surface area contributed by atoms with Gasteiger partial charge in [-0.3, -0.25) is 0 Å². The lowest BCUT2D eigenvalue weighted by Gasteiger charge is -2.05. The molecule has 2 nitrogen and oxygen atoms in total. The first kappa shape index (κ1) is 8.61. The monoisotopic (exact) mass is 160 g/mol. The van der Waals surface area contributed by atoms with Gasteiger partial charge >= 0.3 is 0 Å². The minimum Gasteiger partial charge on any atom is -0.399 e. The van der Waals surface area contributed by atoms with Crippen molar-refractivity contribution in [1.82, 2.24) is 0 Å². The van der Waals surface area contributed by atoms with E-state index in [9.17, 15) is 0 Å². The van der Waals surface area contributed by atoms with Gasteiger partial charge in [0.05, 0.1) is 6.57 Å². The minimum absolute atomic E-state index is 0.709. The third-order valence-electron chi connectivity index (χ3n) is 1.96. The Morgan fingerprint density at radius 2 is 2.17 bits per heavy atom. The van der Waals surface area contributed by atoms with Crippen molar-refractivity contribution in [2.24, 2.45) is 0 Å². The highest BCUT2D eigenvalue weighted by Gasteiger charge is 2.02. The van der Waals surface area contributed by atoms with Crippen LogP contribution in [0.5, 0.6) is 0 Å². The molecule has 0 unspecified atom stereocenters. The molecule has 0 bridgehead atoms. The van der Waals surface area contributed by atoms with Crippen molar-refractivity contribution in [2.45, 2.75) is 20.3 Å². The number of nitrogens with two attached hydrogens (primary N) is 1. The van der Waals surface area contributed by atoms with Crippen molar-refractivity contribution in [1.29, 1.82) is 0 Å². The maximum absolute atomic E-state index is 6.91. The zero-order valence-electron chi connectivity index (χ0n) is 7.39. The van der Waals surface area contributed by atoms with Crippen LogP contribution in [-0.4, -0.2) is 0 Å². The summed E-state index contributed by atoms with van der Waals surface area (Å²) < 4.78 is 0. The second-order valence-corrected chi connectivity index (χ2v) is 2.80. The summed E-state index contributed by atoms with van der Waals surface area (Å²) in [6.07, 6.45) is 0.884. The molecular weight excluding hydrogens is 148 g/mol. The average Bonchev–Trinajstić information content (AvgIpc) is 2.05. The van der Waals surface area contributed by atoms with Crippen LogP contribution in [0.3, 0.4) is 0 Å². The summed E-state index contributed by atoms with van der Waals surface area (Å²) in [4.78, 5) is 3.41. The summed E-state index contributed by atoms with van der Waals surface area (Å²) in [7, 11) is 0. The van der Waals surface area contributed by atoms with Crippen molar-refractivity contribution in [3.05, 3.63) is 34.7 Å². The number of rotatable bonds is 1. The van der Waals surface area contributed by atoms with E-state index in [1.54, 1.807) is 0 Å². The van der Waals surface area contributed by atoms with Gasteiger partial charge in [-0.15, -0.1) is 0 Å². The molecule has 12 heavy (non-hydrogen) atoms. The smallest absolute Gasteiger partial charge is 0.190 e. The molecule has 0 fully saturated rings. The van der Waals surface area contributed by atoms with Crippen molar-refractivity contribution >= 4 is 11.4 Å². The Morgan fingerprint density at radius 1 is 1.50 bits per heavy atom. The summed E-state index contributed by atoms with van der Waals surface area (Å²) in [5, 5.41) is 0. The molecule has 0 heterocycles. The zero-order valence-corrected chi connectivity index (χ0v) is 7.39. The fourth-order valence-corrected chi connectivity index (χ4v) is 1.19. The number of nitrogens with zero attached hydrogens (tertiary/aromatic N) is 1. The molecule has 62 valence electrons. The number of aryl methyl sites for hydroxylation is 2. The quantitative estimate of drug-likeness (QED) is 0.497. The first-order valence-corrected chi connectivity index (χ1v) is 3.95. The molecule has 0 spiro atoms. The third-order valence-corrected chi connectivity index (χ3v) is 1.96. The molecule has 2 heteroatoms. The van der Waals surface area contributed by atoms with Crippen molar-refractivity contribution < 1.29 is 0 Å². The van der Waals surface area contributed by atoms with Crippen LogP contribution in [0, 0.1) is 13.5 Å². The molecule has 2 N–H and O–H groups in total. The Labute approximate surface area is 72.8 Å². The molecule has 0 aliphatic carbocycles. The van der Waals surface area contributed by atoms with E-state index in [1.165, 1.54) is 0 Å². The highest BCUT2D eigenvalue weighted by Crippen LogP contribution is 2.25. The molecular formula is C10H12N2. The van der Waals surface area contributed by atoms with Gasteiger partial charge in [0.2, 0.25) is 0 Å². The van der Waals surface area contributed by atoms with E-state index in [-0.39, 0.29) is 0 Å². The number of hydrogen-bond acceptors (Lipinski definition) is 1. The number of benzene rings is 1. The zero-order chi connectivity index (χ0) is 9.14. The molecule has 1 aromatic carbocycles. The molecule has 0 atom stereocenters. The molecule has 0 aliphatic rings.